The van der Waals surface area contributed by atoms with Gasteiger partial charge in [0, 0.05) is 21.5 Å². The number of alkyl halides is 2. The van der Waals surface area contributed by atoms with E-state index in [4.69, 9.17) is 10.5 Å². The Morgan fingerprint density at radius 1 is 1.30 bits per heavy atom. The quantitative estimate of drug-likeness (QED) is 0.783. The lowest BCUT2D eigenvalue weighted by molar-refractivity contribution is 0.0184. The Morgan fingerprint density at radius 3 is 2.74 bits per heavy atom. The van der Waals surface area contributed by atoms with Gasteiger partial charge in [0.15, 0.2) is 5.54 Å². The molecule has 1 amide bonds. The van der Waals surface area contributed by atoms with E-state index in [2.05, 4.69) is 20.9 Å². The van der Waals surface area contributed by atoms with Crippen LogP contribution in [0.5, 0.6) is 0 Å². The Labute approximate surface area is 161 Å². The number of aliphatic imine (C=N–C) groups is 1. The number of primary amides is 1. The maximum atomic E-state index is 14.5. The molecule has 0 saturated heterocycles. The number of nitrogens with zero attached hydrogens (tertiary/aromatic N) is 1. The summed E-state index contributed by atoms with van der Waals surface area (Å²) in [6, 6.07) is 10.1. The fourth-order valence-electron chi connectivity index (χ4n) is 3.59. The normalized spacial score (nSPS) is 26.2. The molecule has 4 nitrogen and oxygen atoms in total. The van der Waals surface area contributed by atoms with Crippen LogP contribution in [0.25, 0.3) is 0 Å². The molecule has 1 aliphatic carbocycles. The second kappa shape index (κ2) is 6.37. The molecule has 0 aromatic heterocycles. The standard InChI is InChI=1S/C19H14BrF3N2O2/c20-9-5-6-14(21)12(7-9)19(18(22)23)13-8-15(13)27-17(25-19)11-4-2-1-3-10(11)16(24)26/h1-7,13,15,18H,8H2,(H2,24,26)/t13-,15+,19+/m1/s1. The number of carbonyl (C=O) groups is 1. The lowest BCUT2D eigenvalue weighted by atomic mass is 9.84. The number of carbonyl (C=O) groups excluding carboxylic acids is 1. The van der Waals surface area contributed by atoms with Crippen LogP contribution in [-0.2, 0) is 10.3 Å². The molecule has 2 aromatic carbocycles. The molecule has 3 atom stereocenters. The summed E-state index contributed by atoms with van der Waals surface area (Å²) in [5.74, 6) is -2.27. The lowest BCUT2D eigenvalue weighted by Crippen LogP contribution is -2.42. The van der Waals surface area contributed by atoms with Gasteiger partial charge in [-0.15, -0.1) is 0 Å². The Balaban J connectivity index is 1.94. The number of fused-ring (bicyclic) bond motifs is 1. The summed E-state index contributed by atoms with van der Waals surface area (Å²) in [4.78, 5) is 15.9. The molecule has 1 saturated carbocycles. The highest BCUT2D eigenvalue weighted by atomic mass is 79.9. The average molecular weight is 439 g/mol. The summed E-state index contributed by atoms with van der Waals surface area (Å²) < 4.78 is 49.5. The van der Waals surface area contributed by atoms with E-state index in [9.17, 15) is 18.0 Å². The first-order valence-corrected chi connectivity index (χ1v) is 9.03. The van der Waals surface area contributed by atoms with E-state index in [1.807, 2.05) is 0 Å². The molecular formula is C19H14BrF3N2O2. The summed E-state index contributed by atoms with van der Waals surface area (Å²) in [6.07, 6.45) is -3.16. The summed E-state index contributed by atoms with van der Waals surface area (Å²) in [5, 5.41) is 0. The van der Waals surface area contributed by atoms with Crippen molar-refractivity contribution in [2.45, 2.75) is 24.5 Å². The van der Waals surface area contributed by atoms with Gasteiger partial charge in [0.1, 0.15) is 11.9 Å². The highest BCUT2D eigenvalue weighted by Crippen LogP contribution is 2.57. The molecule has 0 spiro atoms. The third-order valence-corrected chi connectivity index (χ3v) is 5.46. The summed E-state index contributed by atoms with van der Waals surface area (Å²) in [5.41, 5.74) is 3.42. The minimum Gasteiger partial charge on any atom is -0.474 e. The zero-order valence-corrected chi connectivity index (χ0v) is 15.4. The molecular weight excluding hydrogens is 425 g/mol. The monoisotopic (exact) mass is 438 g/mol. The van der Waals surface area contributed by atoms with Crippen LogP contribution in [0.1, 0.15) is 27.9 Å². The zero-order valence-electron chi connectivity index (χ0n) is 13.8. The second-order valence-electron chi connectivity index (χ2n) is 6.58. The van der Waals surface area contributed by atoms with Crippen LogP contribution < -0.4 is 5.73 Å². The maximum Gasteiger partial charge on any atom is 0.268 e. The SMILES string of the molecule is NC(=O)c1ccccc1C1=N[C@](c2cc(Br)ccc2F)(C(F)F)[C@@H]2C[C@@H]2O1. The van der Waals surface area contributed by atoms with Crippen molar-refractivity contribution in [2.75, 3.05) is 0 Å². The fourth-order valence-corrected chi connectivity index (χ4v) is 3.95. The highest BCUT2D eigenvalue weighted by Gasteiger charge is 2.64. The van der Waals surface area contributed by atoms with Crippen molar-refractivity contribution >= 4 is 27.7 Å². The van der Waals surface area contributed by atoms with Gasteiger partial charge in [-0.25, -0.2) is 18.2 Å². The van der Waals surface area contributed by atoms with Gasteiger partial charge in [0.05, 0.1) is 5.56 Å². The van der Waals surface area contributed by atoms with E-state index in [1.165, 1.54) is 24.3 Å². The van der Waals surface area contributed by atoms with E-state index in [1.54, 1.807) is 12.1 Å². The zero-order chi connectivity index (χ0) is 19.3. The molecule has 2 aromatic rings. The van der Waals surface area contributed by atoms with Gasteiger partial charge < -0.3 is 10.5 Å². The van der Waals surface area contributed by atoms with Crippen molar-refractivity contribution in [1.82, 2.24) is 0 Å². The summed E-state index contributed by atoms with van der Waals surface area (Å²) in [6.45, 7) is 0. The van der Waals surface area contributed by atoms with Crippen LogP contribution in [0.15, 0.2) is 51.9 Å². The molecule has 0 bridgehead atoms. The third-order valence-electron chi connectivity index (χ3n) is 4.96. The fraction of sp³-hybridized carbons (Fsp3) is 0.263. The highest BCUT2D eigenvalue weighted by molar-refractivity contribution is 9.10. The van der Waals surface area contributed by atoms with E-state index in [-0.39, 0.29) is 22.6 Å². The smallest absolute Gasteiger partial charge is 0.268 e. The largest absolute Gasteiger partial charge is 0.474 e. The van der Waals surface area contributed by atoms with Gasteiger partial charge in [0.25, 0.3) is 6.43 Å². The molecule has 2 N–H and O–H groups in total. The summed E-state index contributed by atoms with van der Waals surface area (Å²) in [7, 11) is 0. The van der Waals surface area contributed by atoms with Gasteiger partial charge in [-0.2, -0.15) is 0 Å². The molecule has 0 radical (unpaired) electrons. The van der Waals surface area contributed by atoms with Crippen molar-refractivity contribution in [3.8, 4) is 0 Å². The first-order valence-electron chi connectivity index (χ1n) is 8.24. The molecule has 140 valence electrons. The first-order chi connectivity index (χ1) is 12.8. The van der Waals surface area contributed by atoms with Gasteiger partial charge in [-0.05, 0) is 36.8 Å². The minimum atomic E-state index is -2.96. The lowest BCUT2D eigenvalue weighted by Gasteiger charge is -2.34. The Bertz CT molecular complexity index is 966. The van der Waals surface area contributed by atoms with Gasteiger partial charge >= 0.3 is 0 Å². The number of hydrogen-bond acceptors (Lipinski definition) is 3. The Morgan fingerprint density at radius 2 is 2.04 bits per heavy atom. The molecule has 1 heterocycles. The third kappa shape index (κ3) is 2.82. The van der Waals surface area contributed by atoms with Gasteiger partial charge in [0.2, 0.25) is 11.8 Å². The van der Waals surface area contributed by atoms with Crippen LogP contribution in [0.3, 0.4) is 0 Å². The van der Waals surface area contributed by atoms with Gasteiger partial charge in [-0.3, -0.25) is 4.79 Å². The summed E-state index contributed by atoms with van der Waals surface area (Å²) >= 11 is 3.21. The minimum absolute atomic E-state index is 0.105. The van der Waals surface area contributed by atoms with E-state index in [0.717, 1.165) is 6.07 Å². The predicted molar refractivity (Wildman–Crippen MR) is 96.3 cm³/mol. The van der Waals surface area contributed by atoms with Crippen molar-refractivity contribution in [1.29, 1.82) is 0 Å². The van der Waals surface area contributed by atoms with Crippen LogP contribution in [-0.4, -0.2) is 24.3 Å². The first kappa shape index (κ1) is 18.0. The number of hydrogen-bond donors (Lipinski definition) is 1. The molecule has 27 heavy (non-hydrogen) atoms. The number of rotatable bonds is 4. The molecule has 1 aliphatic heterocycles. The van der Waals surface area contributed by atoms with Crippen LogP contribution in [0.2, 0.25) is 0 Å². The van der Waals surface area contributed by atoms with Crippen molar-refractivity contribution < 1.29 is 22.7 Å². The number of ether oxygens (including phenoxy) is 1. The van der Waals surface area contributed by atoms with Crippen LogP contribution in [0, 0.1) is 11.7 Å². The topological polar surface area (TPSA) is 64.7 Å². The Hall–Kier alpha value is -2.35. The number of nitrogens with two attached hydrogens (primary N) is 1. The van der Waals surface area contributed by atoms with Crippen LogP contribution >= 0.6 is 15.9 Å². The van der Waals surface area contributed by atoms with E-state index in [0.29, 0.717) is 10.9 Å². The van der Waals surface area contributed by atoms with Crippen molar-refractivity contribution in [3.63, 3.8) is 0 Å². The molecule has 4 rings (SSSR count). The molecule has 1 fully saturated rings. The van der Waals surface area contributed by atoms with E-state index < -0.39 is 35.7 Å². The molecule has 8 heteroatoms. The van der Waals surface area contributed by atoms with Crippen molar-refractivity contribution in [2.24, 2.45) is 16.6 Å². The Kier molecular flexibility index (Phi) is 4.25. The van der Waals surface area contributed by atoms with Crippen LogP contribution in [0.4, 0.5) is 13.2 Å². The average Bonchev–Trinajstić information content (AvgIpc) is 3.42. The number of amides is 1. The maximum absolute atomic E-state index is 14.5. The number of halogens is 4. The molecule has 0 unspecified atom stereocenters. The predicted octanol–water partition coefficient (Wildman–Crippen LogP) is 4.01. The number of benzene rings is 2. The molecule has 2 aliphatic rings. The van der Waals surface area contributed by atoms with Gasteiger partial charge in [-0.1, -0.05) is 28.1 Å². The second-order valence-corrected chi connectivity index (χ2v) is 7.49. The van der Waals surface area contributed by atoms with E-state index >= 15 is 0 Å². The van der Waals surface area contributed by atoms with Crippen molar-refractivity contribution in [3.05, 3.63) is 69.4 Å².